The van der Waals surface area contributed by atoms with Gasteiger partial charge in [0.15, 0.2) is 11.5 Å². The summed E-state index contributed by atoms with van der Waals surface area (Å²) >= 11 is 0. The number of hydrogen-bond acceptors (Lipinski definition) is 5. The van der Waals surface area contributed by atoms with Gasteiger partial charge in [0.25, 0.3) is 5.91 Å². The zero-order chi connectivity index (χ0) is 18.2. The molecule has 2 aromatic carbocycles. The van der Waals surface area contributed by atoms with Crippen LogP contribution in [-0.4, -0.2) is 32.4 Å². The number of rotatable bonds is 7. The van der Waals surface area contributed by atoms with Gasteiger partial charge in [0.05, 0.1) is 26.5 Å². The topological polar surface area (TPSA) is 72.0 Å². The molecule has 0 atom stereocenters. The van der Waals surface area contributed by atoms with Gasteiger partial charge >= 0.3 is 0 Å². The Bertz CT molecular complexity index is 755. The maximum atomic E-state index is 11.9. The zero-order valence-corrected chi connectivity index (χ0v) is 14.9. The number of carbonyl (C=O) groups is 1. The van der Waals surface area contributed by atoms with E-state index >= 15 is 0 Å². The van der Waals surface area contributed by atoms with Crippen molar-refractivity contribution in [3.05, 3.63) is 53.6 Å². The third-order valence-corrected chi connectivity index (χ3v) is 3.65. The van der Waals surface area contributed by atoms with Gasteiger partial charge in [0.2, 0.25) is 0 Å². The molecule has 2 rings (SSSR count). The fraction of sp³-hybridized carbons (Fsp3) is 0.263. The second-order valence-corrected chi connectivity index (χ2v) is 5.52. The van der Waals surface area contributed by atoms with Gasteiger partial charge in [-0.3, -0.25) is 4.79 Å². The van der Waals surface area contributed by atoms with Crippen LogP contribution in [0.2, 0.25) is 0 Å². The van der Waals surface area contributed by atoms with Gasteiger partial charge < -0.3 is 14.8 Å². The van der Waals surface area contributed by atoms with Crippen molar-refractivity contribution in [1.29, 1.82) is 0 Å². The van der Waals surface area contributed by atoms with Gasteiger partial charge in [0.1, 0.15) is 0 Å². The first-order valence-electron chi connectivity index (χ1n) is 7.89. The van der Waals surface area contributed by atoms with Gasteiger partial charge in [-0.05, 0) is 44.2 Å². The zero-order valence-electron chi connectivity index (χ0n) is 14.9. The summed E-state index contributed by atoms with van der Waals surface area (Å²) in [6.07, 6.45) is 0. The Morgan fingerprint density at radius 3 is 2.36 bits per heavy atom. The number of nitrogens with one attached hydrogen (secondary N) is 2. The Hall–Kier alpha value is -3.02. The first-order chi connectivity index (χ1) is 12.0. The molecular weight excluding hydrogens is 318 g/mol. The Labute approximate surface area is 147 Å². The number of hydrogen-bond donors (Lipinski definition) is 2. The Kier molecular flexibility index (Phi) is 6.39. The third kappa shape index (κ3) is 5.24. The fourth-order valence-corrected chi connectivity index (χ4v) is 2.17. The van der Waals surface area contributed by atoms with E-state index in [0.717, 1.165) is 11.3 Å². The molecule has 0 saturated carbocycles. The summed E-state index contributed by atoms with van der Waals surface area (Å²) in [5.41, 5.74) is 6.11. The summed E-state index contributed by atoms with van der Waals surface area (Å²) in [5.74, 6) is 1.03. The molecule has 2 N–H and O–H groups in total. The molecule has 0 aliphatic rings. The molecule has 25 heavy (non-hydrogen) atoms. The quantitative estimate of drug-likeness (QED) is 0.600. The van der Waals surface area contributed by atoms with Crippen molar-refractivity contribution in [2.45, 2.75) is 13.8 Å². The normalized spacial score (nSPS) is 11.0. The lowest BCUT2D eigenvalue weighted by Gasteiger charge is -2.10. The van der Waals surface area contributed by atoms with Crippen LogP contribution in [0.25, 0.3) is 0 Å². The summed E-state index contributed by atoms with van der Waals surface area (Å²) in [6.45, 7) is 3.98. The number of amides is 1. The molecule has 0 radical (unpaired) electrons. The van der Waals surface area contributed by atoms with Crippen molar-refractivity contribution < 1.29 is 14.3 Å². The number of aryl methyl sites for hydroxylation is 1. The van der Waals surface area contributed by atoms with E-state index in [9.17, 15) is 4.79 Å². The van der Waals surface area contributed by atoms with E-state index in [1.165, 1.54) is 5.56 Å². The standard InChI is InChI=1S/C19H23N3O3/c1-13-5-8-16(9-6-13)20-12-19(23)22-21-14(2)15-7-10-17(24-3)18(11-15)25-4/h5-11,20H,12H2,1-4H3,(H,22,23)/b21-14+. The van der Waals surface area contributed by atoms with Crippen molar-refractivity contribution in [1.82, 2.24) is 5.43 Å². The van der Waals surface area contributed by atoms with Crippen LogP contribution >= 0.6 is 0 Å². The molecular formula is C19H23N3O3. The van der Waals surface area contributed by atoms with E-state index in [2.05, 4.69) is 15.8 Å². The Morgan fingerprint density at radius 1 is 1.04 bits per heavy atom. The van der Waals surface area contributed by atoms with Crippen LogP contribution in [0.1, 0.15) is 18.1 Å². The number of benzene rings is 2. The highest BCUT2D eigenvalue weighted by Gasteiger charge is 2.07. The van der Waals surface area contributed by atoms with Crippen molar-refractivity contribution in [3.8, 4) is 11.5 Å². The van der Waals surface area contributed by atoms with Crippen LogP contribution in [-0.2, 0) is 4.79 Å². The fourth-order valence-electron chi connectivity index (χ4n) is 2.17. The summed E-state index contributed by atoms with van der Waals surface area (Å²) in [4.78, 5) is 11.9. The molecule has 0 fully saturated rings. The highest BCUT2D eigenvalue weighted by atomic mass is 16.5. The largest absolute Gasteiger partial charge is 0.493 e. The first kappa shape index (κ1) is 18.3. The minimum atomic E-state index is -0.222. The maximum Gasteiger partial charge on any atom is 0.259 e. The molecule has 0 bridgehead atoms. The predicted octanol–water partition coefficient (Wildman–Crippen LogP) is 2.96. The molecule has 0 unspecified atom stereocenters. The van der Waals surface area contributed by atoms with Crippen molar-refractivity contribution >= 4 is 17.3 Å². The summed E-state index contributed by atoms with van der Waals surface area (Å²) in [6, 6.07) is 13.3. The second-order valence-electron chi connectivity index (χ2n) is 5.52. The number of hydrazone groups is 1. The van der Waals surface area contributed by atoms with E-state index in [1.807, 2.05) is 50.2 Å². The monoisotopic (exact) mass is 341 g/mol. The van der Waals surface area contributed by atoms with E-state index in [-0.39, 0.29) is 12.5 Å². The van der Waals surface area contributed by atoms with E-state index in [1.54, 1.807) is 20.3 Å². The highest BCUT2D eigenvalue weighted by Crippen LogP contribution is 2.27. The van der Waals surface area contributed by atoms with Gasteiger partial charge in [0, 0.05) is 11.3 Å². The van der Waals surface area contributed by atoms with Gasteiger partial charge in [-0.25, -0.2) is 5.43 Å². The maximum absolute atomic E-state index is 11.9. The molecule has 0 spiro atoms. The predicted molar refractivity (Wildman–Crippen MR) is 99.6 cm³/mol. The number of carbonyl (C=O) groups excluding carboxylic acids is 1. The molecule has 0 aliphatic carbocycles. The van der Waals surface area contributed by atoms with Crippen LogP contribution in [0.15, 0.2) is 47.6 Å². The van der Waals surface area contributed by atoms with Crippen molar-refractivity contribution in [3.63, 3.8) is 0 Å². The van der Waals surface area contributed by atoms with Crippen LogP contribution in [0.3, 0.4) is 0 Å². The molecule has 0 aromatic heterocycles. The molecule has 0 aliphatic heterocycles. The van der Waals surface area contributed by atoms with Crippen LogP contribution in [0.5, 0.6) is 11.5 Å². The molecule has 132 valence electrons. The minimum absolute atomic E-state index is 0.145. The average Bonchev–Trinajstić information content (AvgIpc) is 2.64. The van der Waals surface area contributed by atoms with E-state index in [4.69, 9.17) is 9.47 Å². The lowest BCUT2D eigenvalue weighted by molar-refractivity contribution is -0.119. The second kappa shape index (κ2) is 8.73. The van der Waals surface area contributed by atoms with Gasteiger partial charge in [-0.1, -0.05) is 17.7 Å². The van der Waals surface area contributed by atoms with Gasteiger partial charge in [-0.2, -0.15) is 5.10 Å². The lowest BCUT2D eigenvalue weighted by Crippen LogP contribution is -2.26. The van der Waals surface area contributed by atoms with Crippen LogP contribution in [0, 0.1) is 6.92 Å². The van der Waals surface area contributed by atoms with Crippen molar-refractivity contribution in [2.75, 3.05) is 26.1 Å². The van der Waals surface area contributed by atoms with Crippen molar-refractivity contribution in [2.24, 2.45) is 5.10 Å². The smallest absolute Gasteiger partial charge is 0.259 e. The van der Waals surface area contributed by atoms with Crippen LogP contribution < -0.4 is 20.2 Å². The summed E-state index contributed by atoms with van der Waals surface area (Å²) < 4.78 is 10.5. The van der Waals surface area contributed by atoms with Crippen LogP contribution in [0.4, 0.5) is 5.69 Å². The SMILES string of the molecule is COc1ccc(/C(C)=N/NC(=O)CNc2ccc(C)cc2)cc1OC. The minimum Gasteiger partial charge on any atom is -0.493 e. The molecule has 6 heteroatoms. The number of anilines is 1. The van der Waals surface area contributed by atoms with E-state index < -0.39 is 0 Å². The molecule has 0 heterocycles. The molecule has 0 saturated heterocycles. The van der Waals surface area contributed by atoms with E-state index in [0.29, 0.717) is 17.2 Å². The Morgan fingerprint density at radius 2 is 1.72 bits per heavy atom. The van der Waals surface area contributed by atoms with Gasteiger partial charge in [-0.15, -0.1) is 0 Å². The number of nitrogens with zero attached hydrogens (tertiary/aromatic N) is 1. The molecule has 2 aromatic rings. The molecule has 1 amide bonds. The average molecular weight is 341 g/mol. The number of ether oxygens (including phenoxy) is 2. The lowest BCUT2D eigenvalue weighted by atomic mass is 10.1. The number of methoxy groups -OCH3 is 2. The Balaban J connectivity index is 1.93. The summed E-state index contributed by atoms with van der Waals surface area (Å²) in [5, 5.41) is 7.18. The summed E-state index contributed by atoms with van der Waals surface area (Å²) in [7, 11) is 3.16. The first-order valence-corrected chi connectivity index (χ1v) is 7.89. The third-order valence-electron chi connectivity index (χ3n) is 3.65. The highest BCUT2D eigenvalue weighted by molar-refractivity contribution is 5.99. The molecule has 6 nitrogen and oxygen atoms in total.